The van der Waals surface area contributed by atoms with Crippen LogP contribution in [0.3, 0.4) is 0 Å². The average molecular weight is 1600 g/mol. The van der Waals surface area contributed by atoms with Crippen LogP contribution in [0.2, 0.25) is 0 Å². The van der Waals surface area contributed by atoms with Gasteiger partial charge in [-0.1, -0.05) is 240 Å². The summed E-state index contributed by atoms with van der Waals surface area (Å²) in [5, 5.41) is 11.4. The molecule has 4 atom stereocenters. The molecule has 2 radical (unpaired) electrons. The molecule has 0 fully saturated rings. The fourth-order valence-electron chi connectivity index (χ4n) is 15.6. The second-order valence-electron chi connectivity index (χ2n) is 35.8. The van der Waals surface area contributed by atoms with Crippen molar-refractivity contribution >= 4 is 119 Å². The number of aromatic nitrogens is 8. The van der Waals surface area contributed by atoms with E-state index in [1.54, 1.807) is 0 Å². The van der Waals surface area contributed by atoms with Crippen molar-refractivity contribution in [1.29, 1.82) is 0 Å². The fourth-order valence-corrected chi connectivity index (χ4v) is 15.6. The molecule has 0 spiro atoms. The normalized spacial score (nSPS) is 13.8. The van der Waals surface area contributed by atoms with Crippen LogP contribution in [0, 0.1) is 23.7 Å². The Balaban J connectivity index is 0.00000559. The molecule has 11 aromatic rings. The summed E-state index contributed by atoms with van der Waals surface area (Å²) in [6, 6.07) is 36.3. The molecule has 3 aromatic heterocycles. The third-order valence-electron chi connectivity index (χ3n) is 23.4. The molecule has 14 heteroatoms. The summed E-state index contributed by atoms with van der Waals surface area (Å²) >= 11 is 0.822. The van der Waals surface area contributed by atoms with Gasteiger partial charge >= 0.3 is 31.8 Å². The summed E-state index contributed by atoms with van der Waals surface area (Å²) in [5.41, 5.74) is 9.23. The molecule has 110 heavy (non-hydrogen) atoms. The van der Waals surface area contributed by atoms with Gasteiger partial charge in [-0.15, -0.1) is 0 Å². The minimum atomic E-state index is -0.183. The van der Waals surface area contributed by atoms with Gasteiger partial charge in [0.15, 0.2) is 0 Å². The predicted octanol–water partition coefficient (Wildman–Crippen LogP) is 26.6. The monoisotopic (exact) mass is 1600 g/mol. The zero-order valence-corrected chi connectivity index (χ0v) is 73.9. The Bertz CT molecular complexity index is 5010. The molecule has 5 heterocycles. The summed E-state index contributed by atoms with van der Waals surface area (Å²) in [5.74, 6) is 7.02. The first-order valence-electron chi connectivity index (χ1n) is 41.6. The number of ether oxygens (including phenoxy) is 4. The first-order chi connectivity index (χ1) is 52.6. The second-order valence-corrected chi connectivity index (χ2v) is 35.8. The average Bonchev–Trinajstić information content (AvgIpc) is 1.56. The van der Waals surface area contributed by atoms with Gasteiger partial charge < -0.3 is 48.9 Å². The minimum absolute atomic E-state index is 0.183. The molecular formula is C96H120ClInN8O4-2. The summed E-state index contributed by atoms with van der Waals surface area (Å²) in [6.07, 6.45) is 17.9. The van der Waals surface area contributed by atoms with Gasteiger partial charge in [-0.3, -0.25) is 0 Å². The molecule has 13 rings (SSSR count). The van der Waals surface area contributed by atoms with E-state index in [-0.39, 0.29) is 21.7 Å². The van der Waals surface area contributed by atoms with Gasteiger partial charge in [-0.25, -0.2) is 9.97 Å². The van der Waals surface area contributed by atoms with E-state index in [1.165, 1.54) is 47.9 Å². The number of nitrogens with zero attached hydrogens (tertiary/aromatic N) is 8. The SMILES string of the molecule is CCCCC(CC)COc1cc(C(C)(C)C)cc2cc3c(cc12)-c1nc-3nc2[n-]c(nc3nc(nc4[n-]c(n1)c1cc5cc(C(C)(C)C)cc(OCC(CC)CCCC)c5cc41)-c1cc4cc(C(C)(C)C)cc(OCC(CC)CCCC)c4cc1-3)c1cc3cc(C(C)(C)C)cc(OCC(CC)CCCC)c3cc21.[Cl][In]. The second kappa shape index (κ2) is 34.5. The molecule has 4 unspecified atom stereocenters. The quantitative estimate of drug-likeness (QED) is 0.0461. The van der Waals surface area contributed by atoms with E-state index in [0.717, 1.165) is 210 Å². The van der Waals surface area contributed by atoms with E-state index in [1.807, 2.05) is 0 Å². The van der Waals surface area contributed by atoms with Gasteiger partial charge in [0.2, 0.25) is 0 Å². The Labute approximate surface area is 673 Å². The van der Waals surface area contributed by atoms with Crippen LogP contribution < -0.4 is 28.9 Å². The molecule has 0 N–H and O–H groups in total. The number of fused-ring (bicyclic) bond motifs is 24. The van der Waals surface area contributed by atoms with Crippen LogP contribution in [0.15, 0.2) is 97.1 Å². The standard InChI is InChI=1S/C96H120N8O4.ClH.In/c1-21-29-33-57(25-5)53-105-81-45-65(93(9,10)11)37-61-41-73-77(49-69(61)81)89-97-85(73)102-90-79-51-71-63(39-67(95(15,16)17)47-83(71)107-55-59(27-7)35-31-23-3)43-75(79)87(99-90)104-92-80-52-72-64(40-68(96(18,19)20)48-84(72)108-56-60(28-8)36-32-24-4)44-76(80)88(100-92)103-91-78-50-70-62(42-74(78)86(98-91)101-89)38-66(94(12,13)14)46-82(70)106-54-58(26-6)34-30-22-2;;/h37-52,57-60H,21-36,53-56H2,1-20H3;1H;/q-2;;+1/p-1. The van der Waals surface area contributed by atoms with Crippen LogP contribution in [0.25, 0.3) is 133 Å². The summed E-state index contributed by atoms with van der Waals surface area (Å²) in [6.45, 7) is 48.0. The van der Waals surface area contributed by atoms with E-state index >= 15 is 0 Å². The predicted molar refractivity (Wildman–Crippen MR) is 466 cm³/mol. The molecule has 580 valence electrons. The van der Waals surface area contributed by atoms with Crippen LogP contribution >= 0.6 is 8.58 Å². The van der Waals surface area contributed by atoms with Crippen molar-refractivity contribution in [2.24, 2.45) is 23.7 Å². The van der Waals surface area contributed by atoms with Gasteiger partial charge in [0.25, 0.3) is 0 Å². The third-order valence-corrected chi connectivity index (χ3v) is 23.4. The zero-order chi connectivity index (χ0) is 78.7. The van der Waals surface area contributed by atoms with Crippen molar-refractivity contribution in [3.8, 4) is 68.5 Å². The first kappa shape index (κ1) is 82.0. The number of halogens is 1. The Kier molecular flexibility index (Phi) is 25.7. The molecule has 0 saturated carbocycles. The molecule has 12 nitrogen and oxygen atoms in total. The van der Waals surface area contributed by atoms with Crippen molar-refractivity contribution in [1.82, 2.24) is 39.9 Å². The Hall–Kier alpha value is -7.48. The zero-order valence-electron chi connectivity index (χ0n) is 69.9. The van der Waals surface area contributed by atoms with E-state index in [9.17, 15) is 0 Å². The van der Waals surface area contributed by atoms with Crippen molar-refractivity contribution in [3.05, 3.63) is 119 Å². The van der Waals surface area contributed by atoms with Gasteiger partial charge in [-0.2, -0.15) is 0 Å². The molecule has 0 aliphatic carbocycles. The van der Waals surface area contributed by atoms with E-state index in [4.69, 9.17) is 67.4 Å². The van der Waals surface area contributed by atoms with Crippen LogP contribution in [-0.4, -0.2) is 79.5 Å². The van der Waals surface area contributed by atoms with Gasteiger partial charge in [0.1, 0.15) is 23.0 Å². The van der Waals surface area contributed by atoms with Crippen LogP contribution in [0.4, 0.5) is 0 Å². The van der Waals surface area contributed by atoms with Gasteiger partial charge in [0.05, 0.1) is 49.7 Å². The first-order valence-corrected chi connectivity index (χ1v) is 45.7. The fraction of sp³-hybridized carbons (Fsp3) is 0.500. The number of benzene rings is 8. The summed E-state index contributed by atoms with van der Waals surface area (Å²) < 4.78 is 28.4. The summed E-state index contributed by atoms with van der Waals surface area (Å²) in [7, 11) is 4.77. The van der Waals surface area contributed by atoms with Gasteiger partial charge in [-0.05, 0) is 209 Å². The Morgan fingerprint density at radius 3 is 0.755 bits per heavy atom. The number of unbranched alkanes of at least 4 members (excludes halogenated alkanes) is 4. The van der Waals surface area contributed by atoms with Gasteiger partial charge in [0, 0.05) is 66.4 Å². The van der Waals surface area contributed by atoms with E-state index < -0.39 is 0 Å². The third kappa shape index (κ3) is 17.8. The van der Waals surface area contributed by atoms with Crippen LogP contribution in [0.1, 0.15) is 263 Å². The number of hydrogen-bond donors (Lipinski definition) is 0. The topological polar surface area (TPSA) is 142 Å². The molecule has 8 aromatic carbocycles. The van der Waals surface area contributed by atoms with Crippen molar-refractivity contribution in [3.63, 3.8) is 0 Å². The van der Waals surface area contributed by atoms with Crippen molar-refractivity contribution in [2.45, 2.75) is 263 Å². The molecule has 2 aliphatic heterocycles. The van der Waals surface area contributed by atoms with Crippen LogP contribution in [-0.2, 0) is 21.7 Å². The van der Waals surface area contributed by atoms with E-state index in [2.05, 4.69) is 236 Å². The van der Waals surface area contributed by atoms with Crippen LogP contribution in [0.5, 0.6) is 23.0 Å². The molecule has 8 bridgehead atoms. The summed E-state index contributed by atoms with van der Waals surface area (Å²) in [4.78, 5) is 45.4. The Morgan fingerprint density at radius 1 is 0.291 bits per heavy atom. The van der Waals surface area contributed by atoms with Crippen molar-refractivity contribution in [2.75, 3.05) is 26.4 Å². The number of hydrogen-bond acceptors (Lipinski definition) is 10. The molecule has 0 amide bonds. The number of rotatable bonds is 28. The van der Waals surface area contributed by atoms with Crippen molar-refractivity contribution < 1.29 is 18.9 Å². The Morgan fingerprint density at radius 2 is 0.518 bits per heavy atom. The molecule has 2 aliphatic rings. The maximum atomic E-state index is 7.11. The van der Waals surface area contributed by atoms with E-state index in [0.29, 0.717) is 96.0 Å². The molecule has 0 saturated heterocycles. The molecular weight excluding hydrogens is 1480 g/mol. The maximum absolute atomic E-state index is 7.11.